The number of carbonyl (C=O) groups excluding carboxylic acids is 2. The van der Waals surface area contributed by atoms with Gasteiger partial charge < -0.3 is 9.84 Å². The summed E-state index contributed by atoms with van der Waals surface area (Å²) in [7, 11) is 0. The van der Waals surface area contributed by atoms with Crippen molar-refractivity contribution in [3.05, 3.63) is 107 Å². The average molecular weight is 503 g/mol. The lowest BCUT2D eigenvalue weighted by molar-refractivity contribution is -0.137. The summed E-state index contributed by atoms with van der Waals surface area (Å²) in [5, 5.41) is 15.9. The molecular formula is C29H24F2N2O4. The first kappa shape index (κ1) is 24.4. The third kappa shape index (κ3) is 5.14. The van der Waals surface area contributed by atoms with E-state index >= 15 is 0 Å². The highest BCUT2D eigenvalue weighted by Gasteiger charge is 2.43. The number of rotatable bonds is 5. The number of amides is 1. The van der Waals surface area contributed by atoms with E-state index in [0.717, 1.165) is 36.1 Å². The van der Waals surface area contributed by atoms with Crippen LogP contribution in [-0.4, -0.2) is 34.3 Å². The Bertz CT molecular complexity index is 1380. The Morgan fingerprint density at radius 3 is 2.38 bits per heavy atom. The van der Waals surface area contributed by atoms with E-state index in [1.807, 2.05) is 6.08 Å². The molecule has 2 aliphatic rings. The van der Waals surface area contributed by atoms with E-state index in [4.69, 9.17) is 4.74 Å². The summed E-state index contributed by atoms with van der Waals surface area (Å²) >= 11 is 0. The molecule has 0 unspecified atom stereocenters. The molecule has 1 N–H and O–H groups in total. The van der Waals surface area contributed by atoms with E-state index in [0.29, 0.717) is 5.56 Å². The smallest absolute Gasteiger partial charge is 0.342 e. The van der Waals surface area contributed by atoms with Gasteiger partial charge >= 0.3 is 5.97 Å². The van der Waals surface area contributed by atoms with Gasteiger partial charge in [-0.1, -0.05) is 36.4 Å². The molecule has 37 heavy (non-hydrogen) atoms. The second-order valence-electron chi connectivity index (χ2n) is 9.03. The molecule has 2 atom stereocenters. The van der Waals surface area contributed by atoms with Gasteiger partial charge in [0, 0.05) is 5.92 Å². The van der Waals surface area contributed by atoms with Crippen molar-refractivity contribution < 1.29 is 28.2 Å². The van der Waals surface area contributed by atoms with Crippen LogP contribution >= 0.6 is 0 Å². The van der Waals surface area contributed by atoms with Crippen LogP contribution in [0.25, 0.3) is 6.08 Å². The molecule has 1 saturated carbocycles. The Morgan fingerprint density at radius 1 is 1.00 bits per heavy atom. The number of halogens is 2. The van der Waals surface area contributed by atoms with Crippen molar-refractivity contribution in [3.63, 3.8) is 0 Å². The maximum Gasteiger partial charge on any atom is 0.342 e. The fourth-order valence-electron chi connectivity index (χ4n) is 4.88. The first-order valence-corrected chi connectivity index (χ1v) is 12.0. The first-order chi connectivity index (χ1) is 17.9. The number of nitrogens with zero attached hydrogens (tertiary/aromatic N) is 2. The lowest BCUT2D eigenvalue weighted by Crippen LogP contribution is -2.34. The largest absolute Gasteiger partial charge is 0.507 e. The van der Waals surface area contributed by atoms with Gasteiger partial charge in [0.2, 0.25) is 0 Å². The summed E-state index contributed by atoms with van der Waals surface area (Å²) in [4.78, 5) is 25.7. The number of ether oxygens (including phenoxy) is 1. The van der Waals surface area contributed by atoms with E-state index in [1.165, 1.54) is 41.4 Å². The van der Waals surface area contributed by atoms with Gasteiger partial charge in [0.25, 0.3) is 5.91 Å². The minimum Gasteiger partial charge on any atom is -0.507 e. The number of esters is 1. The van der Waals surface area contributed by atoms with Crippen molar-refractivity contribution in [3.8, 4) is 5.75 Å². The SMILES string of the molecule is O=C(OCC(=O)N1N=C2/C(=C\c3ccc(F)cc3)CCC[C@H]2[C@H]1c1ccc(F)cc1)c1ccccc1O. The summed E-state index contributed by atoms with van der Waals surface area (Å²) in [5.41, 5.74) is 3.17. The van der Waals surface area contributed by atoms with Gasteiger partial charge in [-0.2, -0.15) is 5.10 Å². The van der Waals surface area contributed by atoms with Gasteiger partial charge in [-0.05, 0) is 78.4 Å². The highest BCUT2D eigenvalue weighted by atomic mass is 19.1. The second kappa shape index (κ2) is 10.3. The third-order valence-corrected chi connectivity index (χ3v) is 6.63. The molecule has 0 radical (unpaired) electrons. The van der Waals surface area contributed by atoms with Gasteiger partial charge in [0.1, 0.15) is 22.9 Å². The number of carbonyl (C=O) groups is 2. The van der Waals surface area contributed by atoms with Crippen LogP contribution in [-0.2, 0) is 9.53 Å². The molecule has 1 heterocycles. The number of para-hydroxylation sites is 1. The van der Waals surface area contributed by atoms with E-state index in [2.05, 4.69) is 5.10 Å². The lowest BCUT2D eigenvalue weighted by Gasteiger charge is -2.29. The fourth-order valence-corrected chi connectivity index (χ4v) is 4.88. The standard InChI is InChI=1S/C29H24F2N2O4/c30-21-12-8-18(9-13-21)16-20-4-3-6-24-27(20)32-33(28(24)19-10-14-22(31)15-11-19)26(35)17-37-29(36)23-5-1-2-7-25(23)34/h1-2,5,7-16,24,28,34H,3-4,6,17H2/b20-16-/t24-,28-/m1/s1. The number of phenols is 1. The van der Waals surface area contributed by atoms with Crippen molar-refractivity contribution in [2.24, 2.45) is 11.0 Å². The van der Waals surface area contributed by atoms with Gasteiger partial charge in [-0.25, -0.2) is 18.6 Å². The van der Waals surface area contributed by atoms with Gasteiger partial charge in [0.15, 0.2) is 6.61 Å². The van der Waals surface area contributed by atoms with Gasteiger partial charge in [-0.3, -0.25) is 4.79 Å². The summed E-state index contributed by atoms with van der Waals surface area (Å²) in [5.74, 6) is -2.46. The van der Waals surface area contributed by atoms with E-state index in [1.54, 1.807) is 36.4 Å². The monoisotopic (exact) mass is 502 g/mol. The number of hydrogen-bond acceptors (Lipinski definition) is 5. The zero-order valence-corrected chi connectivity index (χ0v) is 19.8. The maximum atomic E-state index is 13.7. The van der Waals surface area contributed by atoms with Crippen LogP contribution in [0.4, 0.5) is 8.78 Å². The highest BCUT2D eigenvalue weighted by Crippen LogP contribution is 2.44. The number of benzene rings is 3. The van der Waals surface area contributed by atoms with Crippen LogP contribution in [0.5, 0.6) is 5.75 Å². The average Bonchev–Trinajstić information content (AvgIpc) is 3.30. The predicted molar refractivity (Wildman–Crippen MR) is 134 cm³/mol. The molecule has 1 amide bonds. The molecule has 0 aromatic heterocycles. The number of allylic oxidation sites excluding steroid dienone is 1. The molecule has 1 aliphatic heterocycles. The number of hydrogen-bond donors (Lipinski definition) is 1. The molecule has 0 spiro atoms. The van der Waals surface area contributed by atoms with Gasteiger partial charge in [0.05, 0.1) is 11.8 Å². The summed E-state index contributed by atoms with van der Waals surface area (Å²) in [6.07, 6.45) is 4.31. The number of hydrazone groups is 1. The van der Waals surface area contributed by atoms with Crippen LogP contribution in [0.15, 0.2) is 83.5 Å². The Morgan fingerprint density at radius 2 is 1.68 bits per heavy atom. The molecule has 1 fully saturated rings. The quantitative estimate of drug-likeness (QED) is 0.458. The molecule has 6 nitrogen and oxygen atoms in total. The van der Waals surface area contributed by atoms with Gasteiger partial charge in [-0.15, -0.1) is 0 Å². The molecule has 5 rings (SSSR count). The molecule has 3 aromatic rings. The normalized spacial score (nSPS) is 19.9. The summed E-state index contributed by atoms with van der Waals surface area (Å²) in [6.45, 7) is -0.578. The van der Waals surface area contributed by atoms with Crippen LogP contribution in [0.3, 0.4) is 0 Å². The van der Waals surface area contributed by atoms with Crippen LogP contribution in [0.2, 0.25) is 0 Å². The van der Waals surface area contributed by atoms with E-state index in [9.17, 15) is 23.5 Å². The molecule has 0 bridgehead atoms. The zero-order chi connectivity index (χ0) is 25.9. The van der Waals surface area contributed by atoms with E-state index < -0.39 is 30.3 Å². The number of fused-ring (bicyclic) bond motifs is 1. The van der Waals surface area contributed by atoms with Crippen LogP contribution in [0, 0.1) is 17.6 Å². The Labute approximate surface area is 212 Å². The van der Waals surface area contributed by atoms with Crippen LogP contribution in [0.1, 0.15) is 46.8 Å². The number of aromatic hydroxyl groups is 1. The molecule has 3 aromatic carbocycles. The zero-order valence-electron chi connectivity index (χ0n) is 19.8. The minimum absolute atomic E-state index is 0.0451. The fraction of sp³-hybridized carbons (Fsp3) is 0.207. The third-order valence-electron chi connectivity index (χ3n) is 6.63. The molecule has 188 valence electrons. The summed E-state index contributed by atoms with van der Waals surface area (Å²) in [6, 6.07) is 17.5. The number of phenolic OH excluding ortho intramolecular Hbond substituents is 1. The Hall–Kier alpha value is -4.33. The maximum absolute atomic E-state index is 13.7. The molecular weight excluding hydrogens is 478 g/mol. The minimum atomic E-state index is -0.828. The highest BCUT2D eigenvalue weighted by molar-refractivity contribution is 6.08. The van der Waals surface area contributed by atoms with Crippen molar-refractivity contribution >= 4 is 23.7 Å². The first-order valence-electron chi connectivity index (χ1n) is 12.0. The Kier molecular flexibility index (Phi) is 6.81. The van der Waals surface area contributed by atoms with Crippen molar-refractivity contribution in [1.82, 2.24) is 5.01 Å². The van der Waals surface area contributed by atoms with Crippen molar-refractivity contribution in [1.29, 1.82) is 0 Å². The van der Waals surface area contributed by atoms with Crippen LogP contribution < -0.4 is 0 Å². The topological polar surface area (TPSA) is 79.2 Å². The van der Waals surface area contributed by atoms with E-state index in [-0.39, 0.29) is 23.0 Å². The summed E-state index contributed by atoms with van der Waals surface area (Å²) < 4.78 is 32.3. The van der Waals surface area contributed by atoms with Crippen molar-refractivity contribution in [2.45, 2.75) is 25.3 Å². The van der Waals surface area contributed by atoms with Crippen molar-refractivity contribution in [2.75, 3.05) is 6.61 Å². The Balaban J connectivity index is 1.44. The molecule has 0 saturated heterocycles. The lowest BCUT2D eigenvalue weighted by atomic mass is 9.77. The predicted octanol–water partition coefficient (Wildman–Crippen LogP) is 5.65. The second-order valence-corrected chi connectivity index (χ2v) is 9.03. The molecule has 1 aliphatic carbocycles. The molecule has 8 heteroatoms.